The lowest BCUT2D eigenvalue weighted by Crippen LogP contribution is -2.22. The van der Waals surface area contributed by atoms with Crippen LogP contribution in [0.15, 0.2) is 48.5 Å². The summed E-state index contributed by atoms with van der Waals surface area (Å²) in [5.74, 6) is 0. The van der Waals surface area contributed by atoms with Crippen molar-refractivity contribution in [2.75, 3.05) is 19.0 Å². The molecule has 0 spiro atoms. The summed E-state index contributed by atoms with van der Waals surface area (Å²) in [6.45, 7) is 3.00. The summed E-state index contributed by atoms with van der Waals surface area (Å²) in [4.78, 5) is 2.26. The van der Waals surface area contributed by atoms with Gasteiger partial charge in [0.2, 0.25) is 0 Å². The zero-order chi connectivity index (χ0) is 15.2. The minimum Gasteiger partial charge on any atom is -0.370 e. The first-order valence-corrected chi connectivity index (χ1v) is 7.75. The molecule has 0 saturated heterocycles. The number of rotatable bonds is 6. The number of hydrogen-bond acceptors (Lipinski definition) is 2. The topological polar surface area (TPSA) is 15.3 Å². The molecular formula is C18H23ClN2. The molecule has 1 atom stereocenters. The van der Waals surface area contributed by atoms with Crippen LogP contribution in [0, 0.1) is 0 Å². The molecule has 0 saturated carbocycles. The Labute approximate surface area is 132 Å². The molecular weight excluding hydrogens is 280 g/mol. The Morgan fingerprint density at radius 2 is 1.76 bits per heavy atom. The molecule has 0 aromatic heterocycles. The Morgan fingerprint density at radius 1 is 1.10 bits per heavy atom. The molecule has 2 nitrogen and oxygen atoms in total. The predicted octanol–water partition coefficient (Wildman–Crippen LogP) is 4.65. The molecule has 0 heterocycles. The molecule has 1 unspecified atom stereocenters. The van der Waals surface area contributed by atoms with Gasteiger partial charge >= 0.3 is 0 Å². The third-order valence-electron chi connectivity index (χ3n) is 3.85. The van der Waals surface area contributed by atoms with E-state index >= 15 is 0 Å². The maximum atomic E-state index is 6.27. The molecule has 0 aliphatic heterocycles. The van der Waals surface area contributed by atoms with Crippen LogP contribution in [0.3, 0.4) is 0 Å². The summed E-state index contributed by atoms with van der Waals surface area (Å²) in [6.07, 6.45) is 1.06. The monoisotopic (exact) mass is 302 g/mol. The second kappa shape index (κ2) is 7.48. The molecule has 2 aromatic rings. The Balaban J connectivity index is 2.27. The van der Waals surface area contributed by atoms with Crippen molar-refractivity contribution in [3.05, 3.63) is 64.7 Å². The molecule has 0 aliphatic carbocycles. The van der Waals surface area contributed by atoms with Crippen LogP contribution >= 0.6 is 11.6 Å². The highest BCUT2D eigenvalue weighted by Gasteiger charge is 2.14. The van der Waals surface area contributed by atoms with E-state index in [4.69, 9.17) is 11.6 Å². The lowest BCUT2D eigenvalue weighted by Gasteiger charge is -2.26. The average Bonchev–Trinajstić information content (AvgIpc) is 2.51. The van der Waals surface area contributed by atoms with Crippen LogP contribution in [0.4, 0.5) is 5.69 Å². The molecule has 0 fully saturated rings. The van der Waals surface area contributed by atoms with E-state index in [-0.39, 0.29) is 0 Å². The first-order valence-electron chi connectivity index (χ1n) is 7.38. The minimum atomic E-state index is 0.370. The van der Waals surface area contributed by atoms with Gasteiger partial charge in [-0.1, -0.05) is 54.9 Å². The van der Waals surface area contributed by atoms with E-state index in [0.717, 1.165) is 23.6 Å². The van der Waals surface area contributed by atoms with Crippen LogP contribution in [0.25, 0.3) is 0 Å². The van der Waals surface area contributed by atoms with Gasteiger partial charge in [-0.2, -0.15) is 0 Å². The van der Waals surface area contributed by atoms with Gasteiger partial charge in [-0.25, -0.2) is 0 Å². The van der Waals surface area contributed by atoms with Crippen LogP contribution in [0.2, 0.25) is 5.02 Å². The van der Waals surface area contributed by atoms with Crippen molar-refractivity contribution >= 4 is 17.3 Å². The summed E-state index contributed by atoms with van der Waals surface area (Å²) >= 11 is 6.27. The third kappa shape index (κ3) is 3.78. The standard InChI is InChI=1S/C18H23ClN2/c1-4-17(20-2)15-10-6-8-12-18(15)21(3)13-14-9-5-7-11-16(14)19/h5-12,17,20H,4,13H2,1-3H3. The van der Waals surface area contributed by atoms with Gasteiger partial charge in [0.15, 0.2) is 0 Å². The van der Waals surface area contributed by atoms with E-state index in [2.05, 4.69) is 54.5 Å². The van der Waals surface area contributed by atoms with E-state index < -0.39 is 0 Å². The van der Waals surface area contributed by atoms with Crippen LogP contribution in [-0.4, -0.2) is 14.1 Å². The average molecular weight is 303 g/mol. The van der Waals surface area contributed by atoms with Crippen LogP contribution in [0.5, 0.6) is 0 Å². The Kier molecular flexibility index (Phi) is 5.66. The van der Waals surface area contributed by atoms with Gasteiger partial charge in [0.05, 0.1) is 0 Å². The maximum Gasteiger partial charge on any atom is 0.0455 e. The van der Waals surface area contributed by atoms with E-state index in [0.29, 0.717) is 6.04 Å². The Bertz CT molecular complexity index is 579. The summed E-state index contributed by atoms with van der Waals surface area (Å²) in [5.41, 5.74) is 3.73. The van der Waals surface area contributed by atoms with Gasteiger partial charge in [-0.3, -0.25) is 0 Å². The SMILES string of the molecule is CCC(NC)c1ccccc1N(C)Cc1ccccc1Cl. The normalized spacial score (nSPS) is 12.2. The summed E-state index contributed by atoms with van der Waals surface area (Å²) in [7, 11) is 4.13. The summed E-state index contributed by atoms with van der Waals surface area (Å²) in [5, 5.41) is 4.21. The quantitative estimate of drug-likeness (QED) is 0.836. The van der Waals surface area contributed by atoms with E-state index in [1.165, 1.54) is 11.3 Å². The number of anilines is 1. The number of nitrogens with one attached hydrogen (secondary N) is 1. The molecule has 0 radical (unpaired) electrons. The van der Waals surface area contributed by atoms with Gasteiger partial charge in [0.1, 0.15) is 0 Å². The fraction of sp³-hybridized carbons (Fsp3) is 0.333. The first kappa shape index (κ1) is 15.9. The molecule has 0 amide bonds. The van der Waals surface area contributed by atoms with Gasteiger partial charge in [-0.05, 0) is 36.7 Å². The molecule has 0 bridgehead atoms. The molecule has 3 heteroatoms. The molecule has 2 aromatic carbocycles. The van der Waals surface area contributed by atoms with E-state index in [9.17, 15) is 0 Å². The van der Waals surface area contributed by atoms with Gasteiger partial charge in [-0.15, -0.1) is 0 Å². The van der Waals surface area contributed by atoms with Crippen LogP contribution in [0.1, 0.15) is 30.5 Å². The zero-order valence-electron chi connectivity index (χ0n) is 12.9. The Hall–Kier alpha value is -1.51. The zero-order valence-corrected chi connectivity index (χ0v) is 13.7. The molecule has 0 aliphatic rings. The number of halogens is 1. The lowest BCUT2D eigenvalue weighted by atomic mass is 10.0. The minimum absolute atomic E-state index is 0.370. The van der Waals surface area contributed by atoms with Crippen molar-refractivity contribution < 1.29 is 0 Å². The summed E-state index contributed by atoms with van der Waals surface area (Å²) in [6, 6.07) is 16.9. The van der Waals surface area contributed by atoms with Crippen molar-refractivity contribution in [3.8, 4) is 0 Å². The van der Waals surface area contributed by atoms with Crippen molar-refractivity contribution in [2.45, 2.75) is 25.9 Å². The van der Waals surface area contributed by atoms with E-state index in [1.807, 2.05) is 25.2 Å². The smallest absolute Gasteiger partial charge is 0.0455 e. The van der Waals surface area contributed by atoms with Gasteiger partial charge < -0.3 is 10.2 Å². The molecule has 2 rings (SSSR count). The van der Waals surface area contributed by atoms with Gasteiger partial charge in [0, 0.05) is 30.3 Å². The maximum absolute atomic E-state index is 6.27. The van der Waals surface area contributed by atoms with Gasteiger partial charge in [0.25, 0.3) is 0 Å². The van der Waals surface area contributed by atoms with Crippen molar-refractivity contribution in [1.29, 1.82) is 0 Å². The highest BCUT2D eigenvalue weighted by molar-refractivity contribution is 6.31. The Morgan fingerprint density at radius 3 is 2.43 bits per heavy atom. The highest BCUT2D eigenvalue weighted by Crippen LogP contribution is 2.29. The van der Waals surface area contributed by atoms with Crippen molar-refractivity contribution in [2.24, 2.45) is 0 Å². The third-order valence-corrected chi connectivity index (χ3v) is 4.21. The first-order chi connectivity index (χ1) is 10.2. The number of benzene rings is 2. The number of para-hydroxylation sites is 1. The fourth-order valence-electron chi connectivity index (χ4n) is 2.68. The molecule has 1 N–H and O–H groups in total. The van der Waals surface area contributed by atoms with Crippen LogP contribution < -0.4 is 10.2 Å². The highest BCUT2D eigenvalue weighted by atomic mass is 35.5. The number of hydrogen-bond donors (Lipinski definition) is 1. The predicted molar refractivity (Wildman–Crippen MR) is 92.1 cm³/mol. The second-order valence-electron chi connectivity index (χ2n) is 5.26. The summed E-state index contributed by atoms with van der Waals surface area (Å²) < 4.78 is 0. The largest absolute Gasteiger partial charge is 0.370 e. The molecule has 112 valence electrons. The fourth-order valence-corrected chi connectivity index (χ4v) is 2.87. The van der Waals surface area contributed by atoms with Crippen molar-refractivity contribution in [1.82, 2.24) is 5.32 Å². The van der Waals surface area contributed by atoms with Crippen molar-refractivity contribution in [3.63, 3.8) is 0 Å². The second-order valence-corrected chi connectivity index (χ2v) is 5.66. The lowest BCUT2D eigenvalue weighted by molar-refractivity contribution is 0.575. The van der Waals surface area contributed by atoms with Crippen LogP contribution in [-0.2, 0) is 6.54 Å². The van der Waals surface area contributed by atoms with E-state index in [1.54, 1.807) is 0 Å². The molecule has 21 heavy (non-hydrogen) atoms. The number of nitrogens with zero attached hydrogens (tertiary/aromatic N) is 1.